The molecule has 0 radical (unpaired) electrons. The summed E-state index contributed by atoms with van der Waals surface area (Å²) in [6.07, 6.45) is 8.79. The Labute approximate surface area is 102 Å². The number of rotatable bonds is 1. The van der Waals surface area contributed by atoms with E-state index in [2.05, 4.69) is 23.8 Å². The quantitative estimate of drug-likeness (QED) is 0.697. The van der Waals surface area contributed by atoms with Crippen LogP contribution in [0, 0.1) is 12.3 Å². The number of hydrogen-bond donors (Lipinski definition) is 1. The fraction of sp³-hybridized carbons (Fsp3) is 0.615. The van der Waals surface area contributed by atoms with E-state index >= 15 is 0 Å². The maximum atomic E-state index is 10.9. The summed E-state index contributed by atoms with van der Waals surface area (Å²) in [6.45, 7) is 4.06. The number of nitrogens with zero attached hydrogens (tertiary/aromatic N) is 2. The topological polar surface area (TPSA) is 43.8 Å². The van der Waals surface area contributed by atoms with Crippen molar-refractivity contribution in [2.45, 2.75) is 31.8 Å². The van der Waals surface area contributed by atoms with Crippen molar-refractivity contribution in [1.82, 2.24) is 9.80 Å². The van der Waals surface area contributed by atoms with Crippen LogP contribution < -0.4 is 0 Å². The molecule has 0 spiro atoms. The lowest BCUT2D eigenvalue weighted by atomic mass is 10.1. The van der Waals surface area contributed by atoms with Crippen LogP contribution in [-0.4, -0.2) is 52.7 Å². The van der Waals surface area contributed by atoms with E-state index in [1.54, 1.807) is 0 Å². The molecule has 4 nitrogen and oxygen atoms in total. The summed E-state index contributed by atoms with van der Waals surface area (Å²) in [4.78, 5) is 14.7. The second-order valence-electron chi connectivity index (χ2n) is 4.76. The predicted octanol–water partition coefficient (Wildman–Crippen LogP) is 1.39. The van der Waals surface area contributed by atoms with Crippen LogP contribution in [0.15, 0.2) is 11.6 Å². The van der Waals surface area contributed by atoms with E-state index in [4.69, 9.17) is 11.5 Å². The molecule has 17 heavy (non-hydrogen) atoms. The Morgan fingerprint density at radius 1 is 1.59 bits per heavy atom. The van der Waals surface area contributed by atoms with Gasteiger partial charge in [0.05, 0.1) is 0 Å². The Morgan fingerprint density at radius 2 is 2.35 bits per heavy atom. The summed E-state index contributed by atoms with van der Waals surface area (Å²) in [6, 6.07) is 0.658. The molecule has 1 saturated heterocycles. The van der Waals surface area contributed by atoms with Gasteiger partial charge in [0.15, 0.2) is 0 Å². The van der Waals surface area contributed by atoms with Crippen LogP contribution in [0.25, 0.3) is 0 Å². The zero-order valence-corrected chi connectivity index (χ0v) is 10.1. The highest BCUT2D eigenvalue weighted by atomic mass is 16.4. The zero-order valence-electron chi connectivity index (χ0n) is 10.1. The number of terminal acetylenes is 1. The first kappa shape index (κ1) is 12.0. The van der Waals surface area contributed by atoms with Gasteiger partial charge in [-0.1, -0.05) is 12.0 Å². The summed E-state index contributed by atoms with van der Waals surface area (Å²) < 4.78 is 0. The first-order chi connectivity index (χ1) is 8.11. The Bertz CT molecular complexity index is 383. The number of allylic oxidation sites excluding steroid dienone is 1. The molecule has 0 aromatic carbocycles. The third-order valence-corrected chi connectivity index (χ3v) is 3.66. The van der Waals surface area contributed by atoms with Gasteiger partial charge in [-0.15, -0.1) is 6.42 Å². The van der Waals surface area contributed by atoms with Gasteiger partial charge < -0.3 is 10.0 Å². The second kappa shape index (κ2) is 4.80. The van der Waals surface area contributed by atoms with Crippen molar-refractivity contribution in [2.24, 2.45) is 0 Å². The van der Waals surface area contributed by atoms with Gasteiger partial charge in [0.2, 0.25) is 0 Å². The maximum absolute atomic E-state index is 10.9. The fourth-order valence-corrected chi connectivity index (χ4v) is 2.72. The lowest BCUT2D eigenvalue weighted by Gasteiger charge is -2.41. The van der Waals surface area contributed by atoms with E-state index in [1.165, 1.54) is 4.90 Å². The summed E-state index contributed by atoms with van der Waals surface area (Å²) >= 11 is 0. The van der Waals surface area contributed by atoms with Crippen LogP contribution in [-0.2, 0) is 0 Å². The molecule has 0 unspecified atom stereocenters. The highest BCUT2D eigenvalue weighted by Crippen LogP contribution is 2.25. The molecule has 0 saturated carbocycles. The van der Waals surface area contributed by atoms with Crippen LogP contribution in [0.3, 0.4) is 0 Å². The molecule has 2 rings (SSSR count). The van der Waals surface area contributed by atoms with Gasteiger partial charge >= 0.3 is 6.09 Å². The van der Waals surface area contributed by atoms with E-state index < -0.39 is 6.09 Å². The molecule has 1 heterocycles. The third-order valence-electron chi connectivity index (χ3n) is 3.66. The van der Waals surface area contributed by atoms with Gasteiger partial charge in [-0.3, -0.25) is 4.90 Å². The molecule has 92 valence electrons. The molecular formula is C13H18N2O2. The standard InChI is InChI=1S/C13H18N2O2/c1-3-11-4-5-12(8-11)15-7-6-14(13(16)17)9-10(15)2/h1,8,10,12H,4-7,9H2,2H3,(H,16,17)/t10-,12-/m1/s1. The molecule has 0 aromatic heterocycles. The van der Waals surface area contributed by atoms with E-state index in [0.717, 1.165) is 25.0 Å². The van der Waals surface area contributed by atoms with Gasteiger partial charge in [0.25, 0.3) is 0 Å². The van der Waals surface area contributed by atoms with Gasteiger partial charge in [0.1, 0.15) is 0 Å². The molecule has 1 fully saturated rings. The van der Waals surface area contributed by atoms with Crippen LogP contribution in [0.2, 0.25) is 0 Å². The maximum Gasteiger partial charge on any atom is 0.407 e. The molecule has 0 aromatic rings. The Morgan fingerprint density at radius 3 is 2.88 bits per heavy atom. The second-order valence-corrected chi connectivity index (χ2v) is 4.76. The summed E-state index contributed by atoms with van der Waals surface area (Å²) in [7, 11) is 0. The van der Waals surface area contributed by atoms with Crippen molar-refractivity contribution in [3.8, 4) is 12.3 Å². The van der Waals surface area contributed by atoms with E-state index in [1.807, 2.05) is 0 Å². The number of carbonyl (C=O) groups is 1. The molecule has 1 aliphatic carbocycles. The summed E-state index contributed by atoms with van der Waals surface area (Å²) in [5.74, 6) is 2.70. The molecule has 2 atom stereocenters. The number of hydrogen-bond acceptors (Lipinski definition) is 2. The number of amides is 1. The summed E-state index contributed by atoms with van der Waals surface area (Å²) in [5, 5.41) is 8.96. The van der Waals surface area contributed by atoms with E-state index in [-0.39, 0.29) is 6.04 Å². The number of piperazine rings is 1. The van der Waals surface area contributed by atoms with Gasteiger partial charge in [-0.25, -0.2) is 4.79 Å². The minimum absolute atomic E-state index is 0.262. The van der Waals surface area contributed by atoms with E-state index in [9.17, 15) is 4.79 Å². The molecule has 1 aliphatic heterocycles. The Hall–Kier alpha value is -1.47. The Kier molecular flexibility index (Phi) is 3.39. The van der Waals surface area contributed by atoms with Gasteiger partial charge in [-0.05, 0) is 25.3 Å². The largest absolute Gasteiger partial charge is 0.465 e. The molecule has 0 bridgehead atoms. The highest BCUT2D eigenvalue weighted by molar-refractivity contribution is 5.65. The lowest BCUT2D eigenvalue weighted by molar-refractivity contribution is 0.0603. The first-order valence-corrected chi connectivity index (χ1v) is 6.02. The highest BCUT2D eigenvalue weighted by Gasteiger charge is 2.31. The molecule has 1 amide bonds. The van der Waals surface area contributed by atoms with Crippen molar-refractivity contribution < 1.29 is 9.90 Å². The normalized spacial score (nSPS) is 29.9. The molecule has 4 heteroatoms. The number of carboxylic acid groups (broad SMARTS) is 1. The Balaban J connectivity index is 1.99. The smallest absolute Gasteiger partial charge is 0.407 e. The van der Waals surface area contributed by atoms with Crippen LogP contribution in [0.5, 0.6) is 0 Å². The average molecular weight is 234 g/mol. The molecular weight excluding hydrogens is 216 g/mol. The SMILES string of the molecule is C#CC1=C[C@H](N2CCN(C(=O)O)C[C@H]2C)CC1. The van der Waals surface area contributed by atoms with Crippen LogP contribution in [0.4, 0.5) is 4.79 Å². The monoisotopic (exact) mass is 234 g/mol. The average Bonchev–Trinajstić information content (AvgIpc) is 2.77. The minimum Gasteiger partial charge on any atom is -0.465 e. The molecule has 1 N–H and O–H groups in total. The lowest BCUT2D eigenvalue weighted by Crippen LogP contribution is -2.55. The predicted molar refractivity (Wildman–Crippen MR) is 65.7 cm³/mol. The van der Waals surface area contributed by atoms with Crippen LogP contribution in [0.1, 0.15) is 19.8 Å². The third kappa shape index (κ3) is 2.45. The van der Waals surface area contributed by atoms with Gasteiger partial charge in [-0.2, -0.15) is 0 Å². The van der Waals surface area contributed by atoms with Crippen molar-refractivity contribution >= 4 is 6.09 Å². The van der Waals surface area contributed by atoms with Crippen molar-refractivity contribution in [2.75, 3.05) is 19.6 Å². The fourth-order valence-electron chi connectivity index (χ4n) is 2.72. The van der Waals surface area contributed by atoms with Crippen molar-refractivity contribution in [3.05, 3.63) is 11.6 Å². The summed E-state index contributed by atoms with van der Waals surface area (Å²) in [5.41, 5.74) is 1.09. The van der Waals surface area contributed by atoms with Gasteiger partial charge in [0, 0.05) is 31.7 Å². The van der Waals surface area contributed by atoms with Crippen LogP contribution >= 0.6 is 0 Å². The first-order valence-electron chi connectivity index (χ1n) is 6.02. The molecule has 2 aliphatic rings. The van der Waals surface area contributed by atoms with Crippen molar-refractivity contribution in [1.29, 1.82) is 0 Å². The zero-order chi connectivity index (χ0) is 12.4. The van der Waals surface area contributed by atoms with E-state index in [0.29, 0.717) is 19.1 Å². The minimum atomic E-state index is -0.817. The van der Waals surface area contributed by atoms with Crippen molar-refractivity contribution in [3.63, 3.8) is 0 Å².